The molecule has 1 amide bonds. The van der Waals surface area contributed by atoms with Crippen LogP contribution in [0.25, 0.3) is 10.9 Å². The summed E-state index contributed by atoms with van der Waals surface area (Å²) in [6, 6.07) is 17.5. The first kappa shape index (κ1) is 18.8. The minimum atomic E-state index is -0.511. The van der Waals surface area contributed by atoms with Gasteiger partial charge in [-0.1, -0.05) is 48.5 Å². The quantitative estimate of drug-likeness (QED) is 0.563. The van der Waals surface area contributed by atoms with Crippen molar-refractivity contribution in [2.75, 3.05) is 13.2 Å². The number of aliphatic hydroxyl groups is 1. The normalized spacial score (nSPS) is 14.9. The van der Waals surface area contributed by atoms with Gasteiger partial charge in [0, 0.05) is 30.1 Å². The molecule has 1 aliphatic rings. The fraction of sp³-hybridized carbons (Fsp3) is 0.217. The highest BCUT2D eigenvalue weighted by Crippen LogP contribution is 2.39. The number of para-hydroxylation sites is 1. The van der Waals surface area contributed by atoms with Gasteiger partial charge in [0.15, 0.2) is 0 Å². The Labute approximate surface area is 168 Å². The number of aromatic amines is 1. The van der Waals surface area contributed by atoms with Crippen LogP contribution in [0, 0.1) is 0 Å². The number of esters is 1. The smallest absolute Gasteiger partial charge is 0.339 e. The number of hydrogen-bond acceptors (Lipinski definition) is 4. The summed E-state index contributed by atoms with van der Waals surface area (Å²) in [5.41, 5.74) is 3.89. The predicted molar refractivity (Wildman–Crippen MR) is 110 cm³/mol. The Morgan fingerprint density at radius 1 is 1.17 bits per heavy atom. The van der Waals surface area contributed by atoms with Crippen LogP contribution in [0.3, 0.4) is 0 Å². The summed E-state index contributed by atoms with van der Waals surface area (Å²) in [4.78, 5) is 27.3. The van der Waals surface area contributed by atoms with Crippen molar-refractivity contribution in [3.63, 3.8) is 0 Å². The summed E-state index contributed by atoms with van der Waals surface area (Å²) in [5.74, 6) is -1.14. The molecule has 2 heterocycles. The van der Waals surface area contributed by atoms with Crippen LogP contribution in [0.2, 0.25) is 0 Å². The van der Waals surface area contributed by atoms with Crippen molar-refractivity contribution in [2.45, 2.75) is 19.3 Å². The van der Waals surface area contributed by atoms with Gasteiger partial charge in [0.2, 0.25) is 5.91 Å². The number of carbonyl (C=O) groups is 2. The van der Waals surface area contributed by atoms with Crippen molar-refractivity contribution in [1.82, 2.24) is 10.3 Å². The molecular formula is C23H22N2O4. The maximum Gasteiger partial charge on any atom is 0.339 e. The summed E-state index contributed by atoms with van der Waals surface area (Å²) in [6.45, 7) is 1.85. The molecule has 4 rings (SSSR count). The number of aliphatic hydroxyl groups excluding tert-OH is 1. The summed E-state index contributed by atoms with van der Waals surface area (Å²) in [7, 11) is 0. The number of H-pyrrole nitrogens is 1. The van der Waals surface area contributed by atoms with Crippen LogP contribution in [0.15, 0.2) is 65.9 Å². The van der Waals surface area contributed by atoms with Crippen molar-refractivity contribution in [3.05, 3.63) is 82.8 Å². The van der Waals surface area contributed by atoms with E-state index in [1.807, 2.05) is 54.6 Å². The van der Waals surface area contributed by atoms with Gasteiger partial charge in [-0.25, -0.2) is 4.79 Å². The number of cyclic esters (lactones) is 1. The summed E-state index contributed by atoms with van der Waals surface area (Å²) in [5, 5.41) is 14.3. The first-order chi connectivity index (χ1) is 14.1. The molecule has 0 bridgehead atoms. The average Bonchev–Trinajstić information content (AvgIpc) is 3.24. The Morgan fingerprint density at radius 2 is 1.90 bits per heavy atom. The molecule has 0 saturated heterocycles. The Morgan fingerprint density at radius 3 is 2.59 bits per heavy atom. The van der Waals surface area contributed by atoms with Crippen molar-refractivity contribution in [2.24, 2.45) is 0 Å². The van der Waals surface area contributed by atoms with Gasteiger partial charge in [-0.3, -0.25) is 4.79 Å². The molecule has 0 radical (unpaired) electrons. The van der Waals surface area contributed by atoms with Crippen molar-refractivity contribution in [3.8, 4) is 0 Å². The predicted octanol–water partition coefficient (Wildman–Crippen LogP) is 3.35. The molecule has 148 valence electrons. The number of aromatic nitrogens is 1. The molecule has 0 spiro atoms. The Bertz CT molecular complexity index is 1100. The van der Waals surface area contributed by atoms with Crippen molar-refractivity contribution in [1.29, 1.82) is 0 Å². The number of rotatable bonds is 6. The molecule has 0 fully saturated rings. The molecule has 6 nitrogen and oxygen atoms in total. The SMILES string of the molecule is CC(=O)NCCc1c(C(C2=C(O)COC2=O)c2ccccc2)[nH]c2ccccc12. The standard InChI is InChI=1S/C23H22N2O4/c1-14(26)24-12-11-17-16-9-5-6-10-18(16)25-22(17)20(15-7-3-2-4-8-15)21-19(27)13-29-23(21)28/h2-10,20,25,27H,11-13H2,1H3,(H,24,26). The molecule has 1 aliphatic heterocycles. The van der Waals surface area contributed by atoms with E-state index in [4.69, 9.17) is 4.74 Å². The third kappa shape index (κ3) is 3.61. The maximum absolute atomic E-state index is 12.5. The lowest BCUT2D eigenvalue weighted by molar-refractivity contribution is -0.136. The first-order valence-corrected chi connectivity index (χ1v) is 9.54. The molecule has 29 heavy (non-hydrogen) atoms. The summed E-state index contributed by atoms with van der Waals surface area (Å²) < 4.78 is 5.09. The molecule has 0 aliphatic carbocycles. The average molecular weight is 390 g/mol. The zero-order valence-corrected chi connectivity index (χ0v) is 16.1. The van der Waals surface area contributed by atoms with E-state index in [1.165, 1.54) is 6.92 Å². The number of ether oxygens (including phenoxy) is 1. The second-order valence-electron chi connectivity index (χ2n) is 7.08. The summed E-state index contributed by atoms with van der Waals surface area (Å²) in [6.07, 6.45) is 0.589. The van der Waals surface area contributed by atoms with E-state index < -0.39 is 11.9 Å². The van der Waals surface area contributed by atoms with E-state index in [1.54, 1.807) is 0 Å². The molecule has 2 aromatic carbocycles. The van der Waals surface area contributed by atoms with Crippen LogP contribution < -0.4 is 5.32 Å². The molecule has 1 unspecified atom stereocenters. The lowest BCUT2D eigenvalue weighted by atomic mass is 9.85. The fourth-order valence-electron chi connectivity index (χ4n) is 3.91. The lowest BCUT2D eigenvalue weighted by Gasteiger charge is -2.19. The lowest BCUT2D eigenvalue weighted by Crippen LogP contribution is -2.23. The number of carbonyl (C=O) groups excluding carboxylic acids is 2. The molecule has 1 atom stereocenters. The molecule has 3 aromatic rings. The van der Waals surface area contributed by atoms with Gasteiger partial charge < -0.3 is 20.1 Å². The first-order valence-electron chi connectivity index (χ1n) is 9.54. The Balaban J connectivity index is 1.89. The van der Waals surface area contributed by atoms with Gasteiger partial charge in [0.05, 0.1) is 11.5 Å². The van der Waals surface area contributed by atoms with Gasteiger partial charge in [0.25, 0.3) is 0 Å². The van der Waals surface area contributed by atoms with E-state index in [9.17, 15) is 14.7 Å². The number of amides is 1. The van der Waals surface area contributed by atoms with E-state index in [0.717, 1.165) is 27.7 Å². The minimum Gasteiger partial charge on any atom is -0.508 e. The van der Waals surface area contributed by atoms with Crippen LogP contribution >= 0.6 is 0 Å². The van der Waals surface area contributed by atoms with Gasteiger partial charge in [0.1, 0.15) is 12.4 Å². The highest BCUT2D eigenvalue weighted by Gasteiger charge is 2.36. The van der Waals surface area contributed by atoms with Crippen LogP contribution in [-0.2, 0) is 20.7 Å². The van der Waals surface area contributed by atoms with Gasteiger partial charge in [-0.05, 0) is 23.6 Å². The topological polar surface area (TPSA) is 91.4 Å². The highest BCUT2D eigenvalue weighted by atomic mass is 16.5. The van der Waals surface area contributed by atoms with Crippen LogP contribution in [0.4, 0.5) is 0 Å². The number of nitrogens with one attached hydrogen (secondary N) is 2. The van der Waals surface area contributed by atoms with E-state index in [0.29, 0.717) is 13.0 Å². The highest BCUT2D eigenvalue weighted by molar-refractivity contribution is 5.95. The largest absolute Gasteiger partial charge is 0.508 e. The molecule has 1 aromatic heterocycles. The third-order valence-electron chi connectivity index (χ3n) is 5.18. The zero-order valence-electron chi connectivity index (χ0n) is 16.1. The van der Waals surface area contributed by atoms with Crippen LogP contribution in [-0.4, -0.2) is 35.1 Å². The van der Waals surface area contributed by atoms with Gasteiger partial charge >= 0.3 is 5.97 Å². The Hall–Kier alpha value is -3.54. The van der Waals surface area contributed by atoms with Crippen molar-refractivity contribution < 1.29 is 19.4 Å². The zero-order chi connectivity index (χ0) is 20.4. The van der Waals surface area contributed by atoms with E-state index in [2.05, 4.69) is 10.3 Å². The fourth-order valence-corrected chi connectivity index (χ4v) is 3.91. The number of hydrogen-bond donors (Lipinski definition) is 3. The number of fused-ring (bicyclic) bond motifs is 1. The second kappa shape index (κ2) is 7.83. The monoisotopic (exact) mass is 390 g/mol. The van der Waals surface area contributed by atoms with Gasteiger partial charge in [-0.2, -0.15) is 0 Å². The van der Waals surface area contributed by atoms with E-state index >= 15 is 0 Å². The molecule has 3 N–H and O–H groups in total. The summed E-state index contributed by atoms with van der Waals surface area (Å²) >= 11 is 0. The molecule has 0 saturated carbocycles. The van der Waals surface area contributed by atoms with Crippen molar-refractivity contribution >= 4 is 22.8 Å². The van der Waals surface area contributed by atoms with Crippen LogP contribution in [0.5, 0.6) is 0 Å². The maximum atomic E-state index is 12.5. The van der Waals surface area contributed by atoms with Gasteiger partial charge in [-0.15, -0.1) is 0 Å². The van der Waals surface area contributed by atoms with Crippen LogP contribution in [0.1, 0.15) is 29.7 Å². The molecule has 6 heteroatoms. The minimum absolute atomic E-state index is 0.0460. The Kier molecular flexibility index (Phi) is 5.08. The van der Waals surface area contributed by atoms with E-state index in [-0.39, 0.29) is 23.8 Å². The second-order valence-corrected chi connectivity index (χ2v) is 7.08. The third-order valence-corrected chi connectivity index (χ3v) is 5.18. The number of benzene rings is 2. The molecular weight excluding hydrogens is 368 g/mol.